The van der Waals surface area contributed by atoms with Gasteiger partial charge in [0.15, 0.2) is 0 Å². The van der Waals surface area contributed by atoms with Gasteiger partial charge in [-0.1, -0.05) is 26.7 Å². The lowest BCUT2D eigenvalue weighted by Gasteiger charge is -2.38. The Morgan fingerprint density at radius 3 is 2.25 bits per heavy atom. The molecule has 2 aliphatic rings. The van der Waals surface area contributed by atoms with Gasteiger partial charge in [0, 0.05) is 13.1 Å². The number of carbonyl (C=O) groups is 2. The molecular weight excluding hydrogens is 256 g/mol. The molecule has 1 heterocycles. The van der Waals surface area contributed by atoms with Crippen molar-refractivity contribution in [3.63, 3.8) is 0 Å². The topological polar surface area (TPSA) is 69.6 Å². The monoisotopic (exact) mass is 282 g/mol. The number of carboxylic acid groups (broad SMARTS) is 1. The van der Waals surface area contributed by atoms with E-state index in [0.29, 0.717) is 11.8 Å². The van der Waals surface area contributed by atoms with Crippen molar-refractivity contribution < 1.29 is 14.7 Å². The Morgan fingerprint density at radius 1 is 1.20 bits per heavy atom. The maximum atomic E-state index is 12.5. The molecule has 2 N–H and O–H groups in total. The number of likely N-dealkylation sites (tertiary alicyclic amines) is 1. The van der Waals surface area contributed by atoms with Gasteiger partial charge in [-0.05, 0) is 31.1 Å². The van der Waals surface area contributed by atoms with Crippen molar-refractivity contribution in [1.29, 1.82) is 0 Å². The molecule has 2 fully saturated rings. The van der Waals surface area contributed by atoms with Gasteiger partial charge in [-0.25, -0.2) is 4.79 Å². The van der Waals surface area contributed by atoms with E-state index in [0.717, 1.165) is 45.2 Å². The summed E-state index contributed by atoms with van der Waals surface area (Å²) in [6, 6.07) is -0.0773. The van der Waals surface area contributed by atoms with Crippen molar-refractivity contribution in [3.8, 4) is 0 Å². The van der Waals surface area contributed by atoms with E-state index in [1.165, 1.54) is 0 Å². The van der Waals surface area contributed by atoms with Crippen LogP contribution >= 0.6 is 0 Å². The second-order valence-corrected chi connectivity index (χ2v) is 6.84. The molecule has 5 heteroatoms. The van der Waals surface area contributed by atoms with Crippen molar-refractivity contribution in [2.45, 2.75) is 57.9 Å². The first-order chi connectivity index (χ1) is 9.40. The highest BCUT2D eigenvalue weighted by molar-refractivity contribution is 5.77. The Labute approximate surface area is 120 Å². The fraction of sp³-hybridized carbons (Fsp3) is 0.867. The molecule has 1 aliphatic carbocycles. The van der Waals surface area contributed by atoms with Crippen LogP contribution in [0.4, 0.5) is 4.79 Å². The number of hydrogen-bond acceptors (Lipinski definition) is 2. The van der Waals surface area contributed by atoms with E-state index in [1.807, 2.05) is 4.90 Å². The first kappa shape index (κ1) is 15.1. The largest absolute Gasteiger partial charge is 0.481 e. The Morgan fingerprint density at radius 2 is 1.75 bits per heavy atom. The van der Waals surface area contributed by atoms with Crippen LogP contribution < -0.4 is 5.32 Å². The maximum absolute atomic E-state index is 12.5. The molecule has 114 valence electrons. The van der Waals surface area contributed by atoms with Gasteiger partial charge in [-0.2, -0.15) is 0 Å². The third-order valence-corrected chi connectivity index (χ3v) is 4.58. The fourth-order valence-corrected chi connectivity index (χ4v) is 3.82. The van der Waals surface area contributed by atoms with Crippen LogP contribution in [-0.4, -0.2) is 40.6 Å². The molecule has 1 aliphatic heterocycles. The number of piperidine rings is 1. The number of amides is 2. The van der Waals surface area contributed by atoms with Crippen molar-refractivity contribution in [3.05, 3.63) is 0 Å². The van der Waals surface area contributed by atoms with Gasteiger partial charge in [-0.3, -0.25) is 4.79 Å². The molecule has 1 saturated carbocycles. The molecule has 2 atom stereocenters. The SMILES string of the molecule is CC1CC(C)CN(C(=O)NC2(CC(=O)O)CCCC2)C1. The standard InChI is InChI=1S/C15H26N2O3/c1-11-7-12(2)10-17(9-11)14(20)16-15(8-13(18)19)5-3-4-6-15/h11-12H,3-10H2,1-2H3,(H,16,20)(H,18,19). The highest BCUT2D eigenvalue weighted by atomic mass is 16.4. The molecule has 2 rings (SSSR count). The van der Waals surface area contributed by atoms with Gasteiger partial charge >= 0.3 is 12.0 Å². The van der Waals surface area contributed by atoms with Crippen LogP contribution in [0.25, 0.3) is 0 Å². The summed E-state index contributed by atoms with van der Waals surface area (Å²) in [7, 11) is 0. The molecule has 1 saturated heterocycles. The number of carboxylic acids is 1. The summed E-state index contributed by atoms with van der Waals surface area (Å²) < 4.78 is 0. The molecule has 0 spiro atoms. The second-order valence-electron chi connectivity index (χ2n) is 6.84. The van der Waals surface area contributed by atoms with Crippen molar-refractivity contribution in [1.82, 2.24) is 10.2 Å². The van der Waals surface area contributed by atoms with Gasteiger partial charge < -0.3 is 15.3 Å². The summed E-state index contributed by atoms with van der Waals surface area (Å²) in [6.45, 7) is 5.88. The minimum Gasteiger partial charge on any atom is -0.481 e. The zero-order valence-electron chi connectivity index (χ0n) is 12.5. The van der Waals surface area contributed by atoms with Gasteiger partial charge in [0.25, 0.3) is 0 Å². The van der Waals surface area contributed by atoms with E-state index in [2.05, 4.69) is 19.2 Å². The molecule has 2 unspecified atom stereocenters. The molecule has 0 aromatic rings. The number of urea groups is 1. The molecule has 0 aromatic heterocycles. The van der Waals surface area contributed by atoms with Crippen LogP contribution in [0.1, 0.15) is 52.4 Å². The average Bonchev–Trinajstić information content (AvgIpc) is 2.74. The lowest BCUT2D eigenvalue weighted by atomic mass is 9.91. The van der Waals surface area contributed by atoms with Crippen molar-refractivity contribution in [2.75, 3.05) is 13.1 Å². The number of carbonyl (C=O) groups excluding carboxylic acids is 1. The Balaban J connectivity index is 1.99. The summed E-state index contributed by atoms with van der Waals surface area (Å²) in [4.78, 5) is 25.4. The van der Waals surface area contributed by atoms with E-state index in [1.54, 1.807) is 0 Å². The lowest BCUT2D eigenvalue weighted by Crippen LogP contribution is -2.55. The summed E-state index contributed by atoms with van der Waals surface area (Å²) in [5.41, 5.74) is -0.521. The lowest BCUT2D eigenvalue weighted by molar-refractivity contribution is -0.138. The Hall–Kier alpha value is -1.26. The first-order valence-corrected chi connectivity index (χ1v) is 7.69. The zero-order chi connectivity index (χ0) is 14.8. The molecule has 2 amide bonds. The van der Waals surface area contributed by atoms with Gasteiger partial charge in [0.2, 0.25) is 0 Å². The van der Waals surface area contributed by atoms with Crippen LogP contribution in [0.2, 0.25) is 0 Å². The summed E-state index contributed by atoms with van der Waals surface area (Å²) >= 11 is 0. The molecule has 0 aromatic carbocycles. The average molecular weight is 282 g/mol. The Kier molecular flexibility index (Phi) is 4.55. The predicted octanol–water partition coefficient (Wildman–Crippen LogP) is 2.46. The van der Waals surface area contributed by atoms with Gasteiger partial charge in [-0.15, -0.1) is 0 Å². The van der Waals surface area contributed by atoms with E-state index in [-0.39, 0.29) is 12.5 Å². The molecular formula is C15H26N2O3. The summed E-state index contributed by atoms with van der Waals surface area (Å²) in [5.74, 6) is 0.208. The van der Waals surface area contributed by atoms with Crippen molar-refractivity contribution in [2.24, 2.45) is 11.8 Å². The van der Waals surface area contributed by atoms with Gasteiger partial charge in [0.1, 0.15) is 0 Å². The highest BCUT2D eigenvalue weighted by Gasteiger charge is 2.39. The molecule has 0 radical (unpaired) electrons. The third kappa shape index (κ3) is 3.64. The first-order valence-electron chi connectivity index (χ1n) is 7.69. The van der Waals surface area contributed by atoms with Crippen LogP contribution in [0, 0.1) is 11.8 Å². The zero-order valence-corrected chi connectivity index (χ0v) is 12.5. The van der Waals surface area contributed by atoms with Crippen LogP contribution in [-0.2, 0) is 4.79 Å². The maximum Gasteiger partial charge on any atom is 0.317 e. The van der Waals surface area contributed by atoms with Crippen LogP contribution in [0.15, 0.2) is 0 Å². The normalized spacial score (nSPS) is 29.2. The Bertz CT molecular complexity index is 367. The highest BCUT2D eigenvalue weighted by Crippen LogP contribution is 2.33. The third-order valence-electron chi connectivity index (χ3n) is 4.58. The van der Waals surface area contributed by atoms with Crippen molar-refractivity contribution >= 4 is 12.0 Å². The number of rotatable bonds is 3. The summed E-state index contributed by atoms with van der Waals surface area (Å²) in [5, 5.41) is 12.1. The fourth-order valence-electron chi connectivity index (χ4n) is 3.82. The minimum atomic E-state index is -0.826. The molecule has 20 heavy (non-hydrogen) atoms. The van der Waals surface area contributed by atoms with Crippen LogP contribution in [0.3, 0.4) is 0 Å². The number of aliphatic carboxylic acids is 1. The predicted molar refractivity (Wildman–Crippen MR) is 76.5 cm³/mol. The van der Waals surface area contributed by atoms with E-state index in [9.17, 15) is 9.59 Å². The number of nitrogens with one attached hydrogen (secondary N) is 1. The number of nitrogens with zero attached hydrogens (tertiary/aromatic N) is 1. The van der Waals surface area contributed by atoms with E-state index < -0.39 is 11.5 Å². The minimum absolute atomic E-state index is 0.0394. The van der Waals surface area contributed by atoms with Gasteiger partial charge in [0.05, 0.1) is 12.0 Å². The van der Waals surface area contributed by atoms with E-state index in [4.69, 9.17) is 5.11 Å². The van der Waals surface area contributed by atoms with E-state index >= 15 is 0 Å². The smallest absolute Gasteiger partial charge is 0.317 e. The molecule has 5 nitrogen and oxygen atoms in total. The summed E-state index contributed by atoms with van der Waals surface area (Å²) in [6.07, 6.45) is 4.76. The second kappa shape index (κ2) is 6.02. The number of hydrogen-bond donors (Lipinski definition) is 2. The van der Waals surface area contributed by atoms with Crippen LogP contribution in [0.5, 0.6) is 0 Å². The quantitative estimate of drug-likeness (QED) is 0.835. The molecule has 0 bridgehead atoms.